The molecule has 0 saturated heterocycles. The van der Waals surface area contributed by atoms with Gasteiger partial charge in [-0.15, -0.1) is 0 Å². The minimum atomic E-state index is -1.59. The van der Waals surface area contributed by atoms with Crippen molar-refractivity contribution in [2.24, 2.45) is 5.73 Å². The van der Waals surface area contributed by atoms with E-state index in [1.165, 1.54) is 19.1 Å². The first-order chi connectivity index (χ1) is 29.5. The van der Waals surface area contributed by atoms with Crippen LogP contribution in [0.4, 0.5) is 0 Å². The quantitative estimate of drug-likeness (QED) is 0.0564. The maximum atomic E-state index is 14.4. The molecule has 3 aromatic carbocycles. The average molecular weight is 872 g/mol. The predicted molar refractivity (Wildman–Crippen MR) is 234 cm³/mol. The first-order valence-electron chi connectivity index (χ1n) is 21.3. The Bertz CT molecular complexity index is 2180. The van der Waals surface area contributed by atoms with Gasteiger partial charge in [-0.25, -0.2) is 4.79 Å². The van der Waals surface area contributed by atoms with Gasteiger partial charge in [-0.1, -0.05) is 73.9 Å². The highest BCUT2D eigenvalue weighted by Crippen LogP contribution is 2.30. The summed E-state index contributed by atoms with van der Waals surface area (Å²) in [5.74, 6) is -6.76. The van der Waals surface area contributed by atoms with Crippen LogP contribution in [0.1, 0.15) is 110 Å². The van der Waals surface area contributed by atoms with E-state index in [1.54, 1.807) is 47.6 Å². The summed E-state index contributed by atoms with van der Waals surface area (Å²) in [7, 11) is 0. The number of hydrogen-bond acceptors (Lipinski definition) is 11. The second kappa shape index (κ2) is 21.7. The molecular formula is C47H61N5O11. The van der Waals surface area contributed by atoms with Gasteiger partial charge in [0.2, 0.25) is 23.6 Å². The SMILES string of the molecule is CC(=O)Oc1cc(C[C@H](NC(=O)C(=O)OC(C)(C)C)C(=O)NC2(C(=O)N[C@@H](CC(N)=O)C(=O)NCCCc3cccc4ccccc34)CCCCC2)ccc1CC(=O)OC(C)(C)C. The van der Waals surface area contributed by atoms with Crippen molar-refractivity contribution in [1.82, 2.24) is 21.3 Å². The lowest BCUT2D eigenvalue weighted by atomic mass is 9.80. The Kier molecular flexibility index (Phi) is 17.0. The third kappa shape index (κ3) is 15.5. The molecule has 0 heterocycles. The summed E-state index contributed by atoms with van der Waals surface area (Å²) in [6.07, 6.45) is 2.32. The Morgan fingerprint density at radius 2 is 1.43 bits per heavy atom. The molecule has 0 spiro atoms. The van der Waals surface area contributed by atoms with Gasteiger partial charge in [-0.05, 0) is 95.2 Å². The van der Waals surface area contributed by atoms with Crippen molar-refractivity contribution in [3.05, 3.63) is 77.4 Å². The van der Waals surface area contributed by atoms with Gasteiger partial charge >= 0.3 is 23.8 Å². The molecule has 1 fully saturated rings. The smallest absolute Gasteiger partial charge is 0.397 e. The van der Waals surface area contributed by atoms with Gasteiger partial charge in [0, 0.05) is 25.5 Å². The highest BCUT2D eigenvalue weighted by Gasteiger charge is 2.44. The number of aryl methyl sites for hydroxylation is 1. The van der Waals surface area contributed by atoms with Crippen LogP contribution in [0.3, 0.4) is 0 Å². The van der Waals surface area contributed by atoms with E-state index in [-0.39, 0.29) is 38.0 Å². The molecule has 5 amide bonds. The minimum Gasteiger partial charge on any atom is -0.460 e. The Morgan fingerprint density at radius 3 is 2.08 bits per heavy atom. The molecule has 16 heteroatoms. The second-order valence-corrected chi connectivity index (χ2v) is 17.9. The van der Waals surface area contributed by atoms with E-state index < -0.39 is 82.7 Å². The van der Waals surface area contributed by atoms with Gasteiger partial charge in [0.25, 0.3) is 0 Å². The summed E-state index contributed by atoms with van der Waals surface area (Å²) in [6.45, 7) is 11.3. The summed E-state index contributed by atoms with van der Waals surface area (Å²) in [6, 6.07) is 15.7. The lowest BCUT2D eigenvalue weighted by Crippen LogP contribution is -2.65. The fourth-order valence-electron chi connectivity index (χ4n) is 7.36. The first-order valence-corrected chi connectivity index (χ1v) is 21.3. The van der Waals surface area contributed by atoms with Crippen LogP contribution in [-0.4, -0.2) is 82.8 Å². The number of hydrogen-bond donors (Lipinski definition) is 5. The molecule has 3 aromatic rings. The number of fused-ring (bicyclic) bond motifs is 1. The van der Waals surface area contributed by atoms with Gasteiger partial charge in [-0.3, -0.25) is 33.6 Å². The number of amides is 5. The van der Waals surface area contributed by atoms with Crippen LogP contribution in [0, 0.1) is 0 Å². The van der Waals surface area contributed by atoms with Crippen LogP contribution >= 0.6 is 0 Å². The highest BCUT2D eigenvalue weighted by molar-refractivity contribution is 6.33. The van der Waals surface area contributed by atoms with Crippen LogP contribution in [0.15, 0.2) is 60.7 Å². The van der Waals surface area contributed by atoms with Gasteiger partial charge in [-0.2, -0.15) is 0 Å². The molecule has 0 aliphatic heterocycles. The van der Waals surface area contributed by atoms with Crippen LogP contribution in [0.2, 0.25) is 0 Å². The lowest BCUT2D eigenvalue weighted by molar-refractivity contribution is -0.163. The second-order valence-electron chi connectivity index (χ2n) is 17.9. The number of ether oxygens (including phenoxy) is 3. The van der Waals surface area contributed by atoms with Gasteiger partial charge < -0.3 is 41.2 Å². The van der Waals surface area contributed by atoms with Gasteiger partial charge in [0.1, 0.15) is 34.6 Å². The molecule has 0 radical (unpaired) electrons. The molecule has 63 heavy (non-hydrogen) atoms. The normalized spacial score (nSPS) is 14.6. The van der Waals surface area contributed by atoms with E-state index in [0.717, 1.165) is 22.8 Å². The molecule has 0 aromatic heterocycles. The van der Waals surface area contributed by atoms with Gasteiger partial charge in [0.15, 0.2) is 0 Å². The maximum Gasteiger partial charge on any atom is 0.397 e. The van der Waals surface area contributed by atoms with Crippen molar-refractivity contribution < 1.29 is 52.6 Å². The van der Waals surface area contributed by atoms with Crippen molar-refractivity contribution in [3.63, 3.8) is 0 Å². The zero-order chi connectivity index (χ0) is 46.5. The minimum absolute atomic E-state index is 0.0129. The van der Waals surface area contributed by atoms with Crippen LogP contribution in [0.25, 0.3) is 10.8 Å². The maximum absolute atomic E-state index is 14.4. The van der Waals surface area contributed by atoms with Crippen LogP contribution in [0.5, 0.6) is 5.75 Å². The lowest BCUT2D eigenvalue weighted by Gasteiger charge is -2.38. The summed E-state index contributed by atoms with van der Waals surface area (Å²) in [5, 5.41) is 12.9. The molecule has 340 valence electrons. The Morgan fingerprint density at radius 1 is 0.762 bits per heavy atom. The number of esters is 3. The predicted octanol–water partition coefficient (Wildman–Crippen LogP) is 3.95. The fourth-order valence-corrected chi connectivity index (χ4v) is 7.36. The van der Waals surface area contributed by atoms with Crippen molar-refractivity contribution in [2.45, 2.75) is 141 Å². The standard InChI is InChI=1S/C47H61N5O11/c1-29(53)61-37-26-30(20-21-33(37)27-39(55)62-45(2,3)4)25-35(50-42(58)43(59)63-46(5,6)7)41(57)52-47(22-11-8-12-23-47)44(60)51-36(28-38(48)54)40(56)49-24-14-18-32-17-13-16-31-15-9-10-19-34(31)32/h9-10,13,15-17,19-21,26,35-36H,8,11-12,14,18,22-25,27-28H2,1-7H3,(H2,48,54)(H,49,56)(H,50,58)(H,51,60)(H,52,57)/t35-,36-/m0/s1. The van der Waals surface area contributed by atoms with Crippen LogP contribution < -0.4 is 31.7 Å². The molecule has 1 aliphatic rings. The number of carbonyl (C=O) groups is 8. The Labute approximate surface area is 368 Å². The number of nitrogens with one attached hydrogen (secondary N) is 4. The van der Waals surface area contributed by atoms with Crippen molar-refractivity contribution >= 4 is 58.2 Å². The number of nitrogens with two attached hydrogens (primary N) is 1. The molecule has 16 nitrogen and oxygen atoms in total. The fraction of sp³-hybridized carbons (Fsp3) is 0.489. The zero-order valence-electron chi connectivity index (χ0n) is 37.3. The van der Waals surface area contributed by atoms with Crippen molar-refractivity contribution in [1.29, 1.82) is 0 Å². The molecule has 2 atom stereocenters. The van der Waals surface area contributed by atoms with Gasteiger partial charge in [0.05, 0.1) is 12.8 Å². The Balaban J connectivity index is 1.56. The topological polar surface area (TPSA) is 238 Å². The number of carbonyl (C=O) groups excluding carboxylic acids is 8. The van der Waals surface area contributed by atoms with Crippen LogP contribution in [-0.2, 0) is 67.1 Å². The molecular weight excluding hydrogens is 811 g/mol. The molecule has 1 saturated carbocycles. The monoisotopic (exact) mass is 871 g/mol. The molecule has 0 unspecified atom stereocenters. The third-order valence-electron chi connectivity index (χ3n) is 10.1. The summed E-state index contributed by atoms with van der Waals surface area (Å²) in [4.78, 5) is 105. The first kappa shape index (κ1) is 49.3. The van der Waals surface area contributed by atoms with E-state index in [1.807, 2.05) is 42.5 Å². The molecule has 1 aliphatic carbocycles. The number of benzene rings is 3. The van der Waals surface area contributed by atoms with E-state index in [4.69, 9.17) is 19.9 Å². The summed E-state index contributed by atoms with van der Waals surface area (Å²) in [5.41, 5.74) is 3.91. The number of primary amides is 1. The molecule has 4 rings (SSSR count). The van der Waals surface area contributed by atoms with E-state index in [9.17, 15) is 38.4 Å². The molecule has 0 bridgehead atoms. The van der Waals surface area contributed by atoms with E-state index in [2.05, 4.69) is 21.3 Å². The van der Waals surface area contributed by atoms with E-state index >= 15 is 0 Å². The van der Waals surface area contributed by atoms with E-state index in [0.29, 0.717) is 36.8 Å². The van der Waals surface area contributed by atoms with Crippen molar-refractivity contribution in [3.8, 4) is 5.75 Å². The van der Waals surface area contributed by atoms with Crippen molar-refractivity contribution in [2.75, 3.05) is 6.54 Å². The zero-order valence-corrected chi connectivity index (χ0v) is 37.3. The average Bonchev–Trinajstić information content (AvgIpc) is 3.18. The summed E-state index contributed by atoms with van der Waals surface area (Å²) >= 11 is 0. The Hall–Kier alpha value is -6.32. The molecule has 6 N–H and O–H groups in total. The number of rotatable bonds is 17. The summed E-state index contributed by atoms with van der Waals surface area (Å²) < 4.78 is 16.1. The highest BCUT2D eigenvalue weighted by atomic mass is 16.6. The third-order valence-corrected chi connectivity index (χ3v) is 10.1. The largest absolute Gasteiger partial charge is 0.460 e.